The van der Waals surface area contributed by atoms with Crippen LogP contribution in [0.15, 0.2) is 0 Å². The van der Waals surface area contributed by atoms with E-state index < -0.39 is 16.4 Å². The Kier molecular flexibility index (Phi) is 2.72. The maximum absolute atomic E-state index is 9.87. The van der Waals surface area contributed by atoms with Crippen LogP contribution < -0.4 is 5.32 Å². The topological polar surface area (TPSA) is 83.5 Å². The second kappa shape index (κ2) is 3.08. The van der Waals surface area contributed by atoms with E-state index in [4.69, 9.17) is 5.11 Å². The van der Waals surface area contributed by atoms with Crippen LogP contribution in [-0.4, -0.2) is 24.6 Å². The van der Waals surface area contributed by atoms with Gasteiger partial charge in [-0.3, -0.25) is 5.32 Å². The number of rotatable bonds is 0. The predicted molar refractivity (Wildman–Crippen MR) is 30.8 cm³/mol. The molecule has 0 aromatic carbocycles. The predicted octanol–water partition coefficient (Wildman–Crippen LogP) is -0.717. The van der Waals surface area contributed by atoms with E-state index >= 15 is 0 Å². The first kappa shape index (κ1) is 7.96. The molecule has 0 aromatic rings. The summed E-state index contributed by atoms with van der Waals surface area (Å²) in [6.07, 6.45) is -1.38. The lowest BCUT2D eigenvalue weighted by atomic mass is 10.7. The molecule has 0 radical (unpaired) electrons. The molecule has 0 spiro atoms. The Morgan fingerprint density at radius 2 is 2.00 bits per heavy atom. The molecular formula is C3H5NO4S. The summed E-state index contributed by atoms with van der Waals surface area (Å²) in [5.74, 6) is 0. The lowest BCUT2D eigenvalue weighted by molar-refractivity contribution is 0.200. The zero-order chi connectivity index (χ0) is 7.44. The molecule has 0 aliphatic carbocycles. The quantitative estimate of drug-likeness (QED) is 0.447. The molecule has 0 unspecified atom stereocenters. The van der Waals surface area contributed by atoms with Gasteiger partial charge in [0.05, 0.1) is 0 Å². The summed E-state index contributed by atoms with van der Waals surface area (Å²) in [7, 11) is -2.46. The SMILES string of the molecule is CC(NC(=O)O)=S(=O)=O. The molecular weight excluding hydrogens is 146 g/mol. The summed E-state index contributed by atoms with van der Waals surface area (Å²) in [5.41, 5.74) is 0. The summed E-state index contributed by atoms with van der Waals surface area (Å²) >= 11 is 0. The van der Waals surface area contributed by atoms with Crippen molar-refractivity contribution in [1.29, 1.82) is 0 Å². The minimum Gasteiger partial charge on any atom is -0.465 e. The van der Waals surface area contributed by atoms with E-state index in [-0.39, 0.29) is 4.99 Å². The van der Waals surface area contributed by atoms with Gasteiger partial charge in [0.15, 0.2) is 0 Å². The van der Waals surface area contributed by atoms with Gasteiger partial charge in [-0.05, 0) is 6.92 Å². The maximum atomic E-state index is 9.87. The van der Waals surface area contributed by atoms with Crippen LogP contribution in [0.5, 0.6) is 0 Å². The van der Waals surface area contributed by atoms with E-state index in [1.165, 1.54) is 0 Å². The smallest absolute Gasteiger partial charge is 0.409 e. The third-order valence-corrected chi connectivity index (χ3v) is 1.14. The van der Waals surface area contributed by atoms with Crippen LogP contribution in [0.1, 0.15) is 6.92 Å². The van der Waals surface area contributed by atoms with E-state index in [2.05, 4.69) is 0 Å². The zero-order valence-corrected chi connectivity index (χ0v) is 5.40. The van der Waals surface area contributed by atoms with Crippen molar-refractivity contribution >= 4 is 21.4 Å². The first-order valence-electron chi connectivity index (χ1n) is 1.97. The van der Waals surface area contributed by atoms with Gasteiger partial charge < -0.3 is 5.11 Å². The van der Waals surface area contributed by atoms with Gasteiger partial charge in [0.25, 0.3) is 0 Å². The van der Waals surface area contributed by atoms with Crippen molar-refractivity contribution in [3.8, 4) is 0 Å². The first-order valence-corrected chi connectivity index (χ1v) is 3.04. The number of hydrogen-bond donors (Lipinski definition) is 2. The third kappa shape index (κ3) is 3.53. The minimum atomic E-state index is -2.46. The van der Waals surface area contributed by atoms with E-state index in [0.29, 0.717) is 0 Å². The van der Waals surface area contributed by atoms with E-state index in [9.17, 15) is 13.2 Å². The molecule has 6 heteroatoms. The summed E-state index contributed by atoms with van der Waals surface area (Å²) in [4.78, 5) is 9.41. The highest BCUT2D eigenvalue weighted by Gasteiger charge is 1.95. The van der Waals surface area contributed by atoms with Crippen LogP contribution in [0.4, 0.5) is 4.79 Å². The number of hydrogen-bond acceptors (Lipinski definition) is 3. The summed E-state index contributed by atoms with van der Waals surface area (Å²) < 4.78 is 19.7. The van der Waals surface area contributed by atoms with Crippen molar-refractivity contribution in [3.05, 3.63) is 0 Å². The van der Waals surface area contributed by atoms with Gasteiger partial charge in [-0.1, -0.05) is 0 Å². The molecule has 0 rings (SSSR count). The van der Waals surface area contributed by atoms with Crippen molar-refractivity contribution in [2.45, 2.75) is 6.92 Å². The monoisotopic (exact) mass is 151 g/mol. The van der Waals surface area contributed by atoms with Crippen LogP contribution in [0.3, 0.4) is 0 Å². The van der Waals surface area contributed by atoms with Crippen LogP contribution in [-0.2, 0) is 10.3 Å². The highest BCUT2D eigenvalue weighted by molar-refractivity contribution is 7.72. The Bertz CT molecular complexity index is 231. The highest BCUT2D eigenvalue weighted by Crippen LogP contribution is 1.63. The van der Waals surface area contributed by atoms with Gasteiger partial charge in [-0.25, -0.2) is 4.79 Å². The minimum absolute atomic E-state index is 0.303. The molecule has 9 heavy (non-hydrogen) atoms. The molecule has 1 amide bonds. The van der Waals surface area contributed by atoms with E-state index in [1.807, 2.05) is 0 Å². The summed E-state index contributed by atoms with van der Waals surface area (Å²) in [6, 6.07) is 0. The van der Waals surface area contributed by atoms with E-state index in [0.717, 1.165) is 6.92 Å². The van der Waals surface area contributed by atoms with Crippen LogP contribution in [0.2, 0.25) is 0 Å². The van der Waals surface area contributed by atoms with Gasteiger partial charge in [-0.2, -0.15) is 8.42 Å². The molecule has 0 fully saturated rings. The number of nitrogens with one attached hydrogen (secondary N) is 1. The van der Waals surface area contributed by atoms with Gasteiger partial charge in [0.2, 0.25) is 10.3 Å². The average Bonchev–Trinajstić information content (AvgIpc) is 1.63. The lowest BCUT2D eigenvalue weighted by Gasteiger charge is -1.89. The molecule has 0 aromatic heterocycles. The van der Waals surface area contributed by atoms with Gasteiger partial charge in [-0.15, -0.1) is 0 Å². The molecule has 0 bridgehead atoms. The van der Waals surface area contributed by atoms with Crippen molar-refractivity contribution < 1.29 is 18.3 Å². The number of carbonyl (C=O) groups is 1. The Hall–Kier alpha value is -1.04. The average molecular weight is 151 g/mol. The van der Waals surface area contributed by atoms with Crippen LogP contribution >= 0.6 is 0 Å². The van der Waals surface area contributed by atoms with Gasteiger partial charge in [0, 0.05) is 0 Å². The highest BCUT2D eigenvalue weighted by atomic mass is 32.2. The van der Waals surface area contributed by atoms with Crippen LogP contribution in [0, 0.1) is 0 Å². The maximum Gasteiger partial charge on any atom is 0.409 e. The molecule has 0 aliphatic rings. The summed E-state index contributed by atoms with van der Waals surface area (Å²) in [6.45, 7) is 1.15. The lowest BCUT2D eigenvalue weighted by Crippen LogP contribution is -2.26. The molecule has 5 nitrogen and oxygen atoms in total. The number of amides is 1. The fourth-order valence-electron chi connectivity index (χ4n) is 0.192. The van der Waals surface area contributed by atoms with Gasteiger partial charge in [0.1, 0.15) is 4.99 Å². The molecule has 0 atom stereocenters. The first-order chi connectivity index (χ1) is 4.04. The zero-order valence-electron chi connectivity index (χ0n) is 4.58. The Labute approximate surface area is 52.8 Å². The fourth-order valence-corrected chi connectivity index (χ4v) is 0.363. The molecule has 0 heterocycles. The standard InChI is InChI=1S/C3H5NO4S/c1-2(9(7)8)4-3(5)6/h4H,1H3,(H,5,6). The number of carboxylic acid groups (broad SMARTS) is 1. The molecule has 0 aliphatic heterocycles. The van der Waals surface area contributed by atoms with E-state index in [1.54, 1.807) is 5.32 Å². The largest absolute Gasteiger partial charge is 0.465 e. The third-order valence-electron chi connectivity index (χ3n) is 0.533. The molecule has 0 saturated heterocycles. The Morgan fingerprint density at radius 1 is 1.56 bits per heavy atom. The summed E-state index contributed by atoms with van der Waals surface area (Å²) in [5, 5.41) is 9.59. The van der Waals surface area contributed by atoms with Crippen molar-refractivity contribution in [2.75, 3.05) is 0 Å². The van der Waals surface area contributed by atoms with Gasteiger partial charge >= 0.3 is 6.09 Å². The molecule has 52 valence electrons. The van der Waals surface area contributed by atoms with Crippen molar-refractivity contribution in [2.24, 2.45) is 0 Å². The van der Waals surface area contributed by atoms with Crippen LogP contribution in [0.25, 0.3) is 0 Å². The molecule has 0 saturated carbocycles. The Morgan fingerprint density at radius 3 is 2.11 bits per heavy atom. The fraction of sp³-hybridized carbons (Fsp3) is 0.333. The second-order valence-electron chi connectivity index (χ2n) is 1.22. The van der Waals surface area contributed by atoms with Crippen molar-refractivity contribution in [1.82, 2.24) is 5.32 Å². The molecule has 2 N–H and O–H groups in total. The normalized spacial score (nSPS) is 8.11. The van der Waals surface area contributed by atoms with Crippen molar-refractivity contribution in [3.63, 3.8) is 0 Å². The Balaban J connectivity index is 4.28. The second-order valence-corrected chi connectivity index (χ2v) is 2.30.